The Morgan fingerprint density at radius 1 is 0.935 bits per heavy atom. The third kappa shape index (κ3) is 3.83. The summed E-state index contributed by atoms with van der Waals surface area (Å²) in [6.45, 7) is 3.09. The van der Waals surface area contributed by atoms with Gasteiger partial charge in [-0.05, 0) is 37.1 Å². The minimum Gasteiger partial charge on any atom is -0.493 e. The quantitative estimate of drug-likeness (QED) is 0.573. The molecule has 0 N–H and O–H groups in total. The lowest BCUT2D eigenvalue weighted by Crippen LogP contribution is -2.47. The molecule has 31 heavy (non-hydrogen) atoms. The van der Waals surface area contributed by atoms with Crippen LogP contribution in [0.4, 0.5) is 15.9 Å². The van der Waals surface area contributed by atoms with E-state index in [4.69, 9.17) is 31.0 Å². The van der Waals surface area contributed by atoms with Crippen LogP contribution in [0.15, 0.2) is 30.3 Å². The molecule has 1 aliphatic heterocycles. The SMILES string of the molecule is COc1cc2nc(C3CC3)nc(N3CCN(c4ccc(F)cc4Cl)CC3)c2cc1OC. The van der Waals surface area contributed by atoms with Gasteiger partial charge < -0.3 is 19.3 Å². The Kier molecular flexibility index (Phi) is 5.22. The zero-order chi connectivity index (χ0) is 21.5. The molecule has 2 heterocycles. The molecule has 1 aromatic heterocycles. The Morgan fingerprint density at radius 2 is 1.61 bits per heavy atom. The van der Waals surface area contributed by atoms with E-state index in [0.717, 1.165) is 67.3 Å². The zero-order valence-corrected chi connectivity index (χ0v) is 18.3. The number of hydrogen-bond acceptors (Lipinski definition) is 6. The third-order valence-corrected chi connectivity index (χ3v) is 6.27. The highest BCUT2D eigenvalue weighted by Crippen LogP contribution is 2.42. The van der Waals surface area contributed by atoms with Gasteiger partial charge in [-0.3, -0.25) is 0 Å². The van der Waals surface area contributed by atoms with Crippen molar-refractivity contribution >= 4 is 34.0 Å². The van der Waals surface area contributed by atoms with Gasteiger partial charge in [0.1, 0.15) is 17.5 Å². The predicted molar refractivity (Wildman–Crippen MR) is 120 cm³/mol. The average molecular weight is 443 g/mol. The van der Waals surface area contributed by atoms with Crippen molar-refractivity contribution in [2.45, 2.75) is 18.8 Å². The molecular weight excluding hydrogens is 419 g/mol. The van der Waals surface area contributed by atoms with E-state index in [1.54, 1.807) is 20.3 Å². The lowest BCUT2D eigenvalue weighted by atomic mass is 10.1. The first kappa shape index (κ1) is 20.1. The molecule has 0 atom stereocenters. The molecule has 6 nitrogen and oxygen atoms in total. The fourth-order valence-corrected chi connectivity index (χ4v) is 4.41. The first-order valence-electron chi connectivity index (χ1n) is 10.5. The Bertz CT molecular complexity index is 1130. The molecule has 2 aromatic carbocycles. The van der Waals surface area contributed by atoms with E-state index in [-0.39, 0.29) is 5.82 Å². The summed E-state index contributed by atoms with van der Waals surface area (Å²) in [6.07, 6.45) is 2.27. The van der Waals surface area contributed by atoms with Gasteiger partial charge in [-0.15, -0.1) is 0 Å². The zero-order valence-electron chi connectivity index (χ0n) is 17.6. The lowest BCUT2D eigenvalue weighted by Gasteiger charge is -2.37. The highest BCUT2D eigenvalue weighted by Gasteiger charge is 2.30. The third-order valence-electron chi connectivity index (χ3n) is 5.97. The number of fused-ring (bicyclic) bond motifs is 1. The first-order valence-corrected chi connectivity index (χ1v) is 10.8. The van der Waals surface area contributed by atoms with Crippen molar-refractivity contribution in [1.29, 1.82) is 0 Å². The van der Waals surface area contributed by atoms with Crippen molar-refractivity contribution in [3.05, 3.63) is 47.0 Å². The molecule has 8 heteroatoms. The van der Waals surface area contributed by atoms with Crippen molar-refractivity contribution < 1.29 is 13.9 Å². The van der Waals surface area contributed by atoms with Gasteiger partial charge in [0, 0.05) is 43.5 Å². The molecule has 3 aromatic rings. The van der Waals surface area contributed by atoms with Crippen molar-refractivity contribution in [2.24, 2.45) is 0 Å². The van der Waals surface area contributed by atoms with Crippen LogP contribution in [0.25, 0.3) is 10.9 Å². The number of aromatic nitrogens is 2. The molecule has 1 aliphatic carbocycles. The topological polar surface area (TPSA) is 50.7 Å². The minimum absolute atomic E-state index is 0.322. The summed E-state index contributed by atoms with van der Waals surface area (Å²) in [4.78, 5) is 14.3. The van der Waals surface area contributed by atoms with Crippen molar-refractivity contribution in [3.63, 3.8) is 0 Å². The minimum atomic E-state index is -0.322. The summed E-state index contributed by atoms with van der Waals surface area (Å²) >= 11 is 6.28. The molecule has 2 aliphatic rings. The lowest BCUT2D eigenvalue weighted by molar-refractivity contribution is 0.355. The summed E-state index contributed by atoms with van der Waals surface area (Å²) in [5, 5.41) is 1.39. The fourth-order valence-electron chi connectivity index (χ4n) is 4.12. The van der Waals surface area contributed by atoms with E-state index in [0.29, 0.717) is 22.4 Å². The normalized spacial score (nSPS) is 16.6. The number of rotatable bonds is 5. The van der Waals surface area contributed by atoms with E-state index in [9.17, 15) is 4.39 Å². The summed E-state index contributed by atoms with van der Waals surface area (Å²) in [5.74, 6) is 3.27. The van der Waals surface area contributed by atoms with Gasteiger partial charge in [0.2, 0.25) is 0 Å². The number of piperazine rings is 1. The number of anilines is 2. The molecule has 1 saturated carbocycles. The summed E-state index contributed by atoms with van der Waals surface area (Å²) in [6, 6.07) is 8.45. The standard InChI is InChI=1S/C23H24ClFN4O2/c1-30-20-12-16-18(13-21(20)31-2)26-22(14-3-4-14)27-23(16)29-9-7-28(8-10-29)19-6-5-15(25)11-17(19)24/h5-6,11-14H,3-4,7-10H2,1-2H3. The van der Waals surface area contributed by atoms with Crippen LogP contribution in [-0.2, 0) is 0 Å². The van der Waals surface area contributed by atoms with Gasteiger partial charge in [0.25, 0.3) is 0 Å². The fraction of sp³-hybridized carbons (Fsp3) is 0.391. The maximum atomic E-state index is 13.4. The van der Waals surface area contributed by atoms with Crippen LogP contribution in [0.1, 0.15) is 24.6 Å². The smallest absolute Gasteiger partial charge is 0.162 e. The molecule has 0 amide bonds. The molecule has 0 radical (unpaired) electrons. The summed E-state index contributed by atoms with van der Waals surface area (Å²) < 4.78 is 24.4. The Morgan fingerprint density at radius 3 is 2.26 bits per heavy atom. The Hall–Kier alpha value is -2.80. The molecule has 0 unspecified atom stereocenters. The van der Waals surface area contributed by atoms with Crippen LogP contribution in [0.3, 0.4) is 0 Å². The van der Waals surface area contributed by atoms with E-state index in [2.05, 4.69) is 9.80 Å². The van der Waals surface area contributed by atoms with Gasteiger partial charge in [0.05, 0.1) is 30.4 Å². The van der Waals surface area contributed by atoms with Crippen molar-refractivity contribution in [2.75, 3.05) is 50.2 Å². The predicted octanol–water partition coefficient (Wildman–Crippen LogP) is 4.64. The number of methoxy groups -OCH3 is 2. The van der Waals surface area contributed by atoms with Gasteiger partial charge in [-0.2, -0.15) is 0 Å². The van der Waals surface area contributed by atoms with Crippen molar-refractivity contribution in [1.82, 2.24) is 9.97 Å². The molecule has 2 fully saturated rings. The second-order valence-corrected chi connectivity index (χ2v) is 8.38. The van der Waals surface area contributed by atoms with E-state index in [1.807, 2.05) is 12.1 Å². The summed E-state index contributed by atoms with van der Waals surface area (Å²) in [5.41, 5.74) is 1.73. The van der Waals surface area contributed by atoms with Gasteiger partial charge >= 0.3 is 0 Å². The molecule has 0 spiro atoms. The van der Waals surface area contributed by atoms with Crippen LogP contribution < -0.4 is 19.3 Å². The second-order valence-electron chi connectivity index (χ2n) is 7.97. The Labute approximate surface area is 185 Å². The number of benzene rings is 2. The van der Waals surface area contributed by atoms with E-state index >= 15 is 0 Å². The van der Waals surface area contributed by atoms with Gasteiger partial charge in [-0.1, -0.05) is 11.6 Å². The second kappa shape index (κ2) is 8.04. The van der Waals surface area contributed by atoms with Gasteiger partial charge in [0.15, 0.2) is 11.5 Å². The van der Waals surface area contributed by atoms with Crippen LogP contribution in [-0.4, -0.2) is 50.4 Å². The molecule has 5 rings (SSSR count). The van der Waals surface area contributed by atoms with Crippen LogP contribution in [0, 0.1) is 5.82 Å². The summed E-state index contributed by atoms with van der Waals surface area (Å²) in [7, 11) is 3.27. The first-order chi connectivity index (χ1) is 15.1. The molecule has 1 saturated heterocycles. The maximum absolute atomic E-state index is 13.4. The van der Waals surface area contributed by atoms with Crippen LogP contribution in [0.5, 0.6) is 11.5 Å². The Balaban J connectivity index is 1.48. The molecule has 162 valence electrons. The highest BCUT2D eigenvalue weighted by molar-refractivity contribution is 6.33. The van der Waals surface area contributed by atoms with Crippen LogP contribution in [0.2, 0.25) is 5.02 Å². The number of hydrogen-bond donors (Lipinski definition) is 0. The highest BCUT2D eigenvalue weighted by atomic mass is 35.5. The number of halogens is 2. The molecular formula is C23H24ClFN4O2. The monoisotopic (exact) mass is 442 g/mol. The number of nitrogens with zero attached hydrogens (tertiary/aromatic N) is 4. The van der Waals surface area contributed by atoms with Gasteiger partial charge in [-0.25, -0.2) is 14.4 Å². The van der Waals surface area contributed by atoms with Crippen LogP contribution >= 0.6 is 11.6 Å². The average Bonchev–Trinajstić information content (AvgIpc) is 3.63. The van der Waals surface area contributed by atoms with Crippen molar-refractivity contribution in [3.8, 4) is 11.5 Å². The molecule has 0 bridgehead atoms. The number of ether oxygens (including phenoxy) is 2. The van der Waals surface area contributed by atoms with E-state index < -0.39 is 0 Å². The maximum Gasteiger partial charge on any atom is 0.162 e. The largest absolute Gasteiger partial charge is 0.493 e. The van der Waals surface area contributed by atoms with E-state index in [1.165, 1.54) is 12.1 Å².